The molecule has 1 aromatic carbocycles. The van der Waals surface area contributed by atoms with Crippen LogP contribution in [0, 0.1) is 0 Å². The van der Waals surface area contributed by atoms with Crippen molar-refractivity contribution in [2.24, 2.45) is 0 Å². The Bertz CT molecular complexity index is 294. The Morgan fingerprint density at radius 3 is 2.62 bits per heavy atom. The van der Waals surface area contributed by atoms with Gasteiger partial charge in [0.2, 0.25) is 0 Å². The minimum atomic E-state index is 0.199. The van der Waals surface area contributed by atoms with Crippen LogP contribution in [-0.4, -0.2) is 10.6 Å². The fraction of sp³-hybridized carbons (Fsp3) is 0.273. The molecular weight excluding hydrogens is 200 g/mol. The molecule has 1 aromatic rings. The Morgan fingerprint density at radius 2 is 2.00 bits per heavy atom. The van der Waals surface area contributed by atoms with Crippen molar-refractivity contribution >= 4 is 23.4 Å². The number of alkyl halides is 1. The van der Waals surface area contributed by atoms with Gasteiger partial charge in [0.1, 0.15) is 0 Å². The third-order valence-electron chi connectivity index (χ3n) is 2.07. The van der Waals surface area contributed by atoms with Gasteiger partial charge in [-0.05, 0) is 18.6 Å². The average molecular weight is 211 g/mol. The first kappa shape index (κ1) is 9.17. The molecule has 0 bridgehead atoms. The monoisotopic (exact) mass is 210 g/mol. The number of benzene rings is 1. The van der Waals surface area contributed by atoms with Crippen molar-refractivity contribution in [1.82, 2.24) is 0 Å². The molecule has 68 valence electrons. The summed E-state index contributed by atoms with van der Waals surface area (Å²) < 4.78 is 0. The van der Waals surface area contributed by atoms with E-state index in [4.69, 9.17) is 11.6 Å². The summed E-state index contributed by atoms with van der Waals surface area (Å²) in [6.45, 7) is 0. The van der Waals surface area contributed by atoms with Gasteiger partial charge in [0.05, 0.1) is 5.38 Å². The van der Waals surface area contributed by atoms with Crippen LogP contribution >= 0.6 is 23.4 Å². The second kappa shape index (κ2) is 4.21. The molecule has 0 aromatic heterocycles. The molecule has 0 N–H and O–H groups in total. The number of hydrogen-bond acceptors (Lipinski definition) is 1. The van der Waals surface area contributed by atoms with E-state index in [2.05, 4.69) is 36.4 Å². The highest BCUT2D eigenvalue weighted by Crippen LogP contribution is 2.33. The smallest absolute Gasteiger partial charge is 0.0641 e. The van der Waals surface area contributed by atoms with Gasteiger partial charge in [-0.1, -0.05) is 30.4 Å². The van der Waals surface area contributed by atoms with Crippen LogP contribution in [0.25, 0.3) is 0 Å². The first-order valence-corrected chi connectivity index (χ1v) is 5.70. The lowest BCUT2D eigenvalue weighted by Gasteiger charge is -2.12. The zero-order valence-electron chi connectivity index (χ0n) is 7.19. The van der Waals surface area contributed by atoms with E-state index in [1.54, 1.807) is 0 Å². The SMILES string of the molecule is ClC1C=CCC1Sc1ccccc1. The summed E-state index contributed by atoms with van der Waals surface area (Å²) in [5.41, 5.74) is 0. The standard InChI is InChI=1S/C11H11ClS/c12-10-7-4-8-11(10)13-9-5-2-1-3-6-9/h1-7,10-11H,8H2. The number of allylic oxidation sites excluding steroid dienone is 2. The lowest BCUT2D eigenvalue weighted by molar-refractivity contribution is 0.958. The van der Waals surface area contributed by atoms with Gasteiger partial charge in [-0.25, -0.2) is 0 Å². The molecule has 2 heteroatoms. The van der Waals surface area contributed by atoms with Crippen LogP contribution in [0.5, 0.6) is 0 Å². The van der Waals surface area contributed by atoms with Crippen molar-refractivity contribution in [3.05, 3.63) is 42.5 Å². The Hall–Kier alpha value is -0.400. The maximum absolute atomic E-state index is 6.12. The van der Waals surface area contributed by atoms with Gasteiger partial charge in [0.25, 0.3) is 0 Å². The summed E-state index contributed by atoms with van der Waals surface area (Å²) in [5, 5.41) is 0.717. The molecule has 1 aliphatic carbocycles. The first-order valence-electron chi connectivity index (χ1n) is 4.39. The number of halogens is 1. The van der Waals surface area contributed by atoms with Gasteiger partial charge < -0.3 is 0 Å². The van der Waals surface area contributed by atoms with Crippen LogP contribution < -0.4 is 0 Å². The van der Waals surface area contributed by atoms with E-state index in [9.17, 15) is 0 Å². The zero-order valence-corrected chi connectivity index (χ0v) is 8.76. The molecule has 0 radical (unpaired) electrons. The number of rotatable bonds is 2. The van der Waals surface area contributed by atoms with Gasteiger partial charge in [0.15, 0.2) is 0 Å². The average Bonchev–Trinajstić information content (AvgIpc) is 2.54. The molecule has 2 rings (SSSR count). The van der Waals surface area contributed by atoms with Gasteiger partial charge >= 0.3 is 0 Å². The lowest BCUT2D eigenvalue weighted by atomic mass is 10.3. The zero-order chi connectivity index (χ0) is 9.10. The minimum absolute atomic E-state index is 0.199. The molecule has 0 saturated heterocycles. The summed E-state index contributed by atoms with van der Waals surface area (Å²) in [4.78, 5) is 1.31. The van der Waals surface area contributed by atoms with Crippen LogP contribution in [-0.2, 0) is 0 Å². The molecule has 0 nitrogen and oxygen atoms in total. The highest BCUT2D eigenvalue weighted by molar-refractivity contribution is 8.00. The predicted molar refractivity (Wildman–Crippen MR) is 59.5 cm³/mol. The third-order valence-corrected chi connectivity index (χ3v) is 4.01. The summed E-state index contributed by atoms with van der Waals surface area (Å²) >= 11 is 7.99. The van der Waals surface area contributed by atoms with Crippen molar-refractivity contribution in [3.8, 4) is 0 Å². The maximum atomic E-state index is 6.12. The van der Waals surface area contributed by atoms with Crippen molar-refractivity contribution in [2.75, 3.05) is 0 Å². The van der Waals surface area contributed by atoms with E-state index in [1.807, 2.05) is 17.8 Å². The second-order valence-corrected chi connectivity index (χ2v) is 4.89. The van der Waals surface area contributed by atoms with Crippen molar-refractivity contribution < 1.29 is 0 Å². The van der Waals surface area contributed by atoms with E-state index >= 15 is 0 Å². The van der Waals surface area contributed by atoms with Crippen molar-refractivity contribution in [1.29, 1.82) is 0 Å². The molecule has 2 atom stereocenters. The van der Waals surface area contributed by atoms with Crippen molar-refractivity contribution in [3.63, 3.8) is 0 Å². The predicted octanol–water partition coefficient (Wildman–Crippen LogP) is 3.71. The van der Waals surface area contributed by atoms with E-state index in [0.717, 1.165) is 6.42 Å². The molecule has 0 spiro atoms. The number of thioether (sulfide) groups is 1. The largest absolute Gasteiger partial charge is 0.121 e. The summed E-state index contributed by atoms with van der Waals surface area (Å²) in [6, 6.07) is 10.4. The summed E-state index contributed by atoms with van der Waals surface area (Å²) in [7, 11) is 0. The fourth-order valence-corrected chi connectivity index (χ4v) is 2.84. The summed E-state index contributed by atoms with van der Waals surface area (Å²) in [5.74, 6) is 0. The highest BCUT2D eigenvalue weighted by Gasteiger charge is 2.21. The molecule has 0 fully saturated rings. The normalized spacial score (nSPS) is 26.5. The maximum Gasteiger partial charge on any atom is 0.0641 e. The van der Waals surface area contributed by atoms with Gasteiger partial charge in [-0.15, -0.1) is 23.4 Å². The Labute approximate surface area is 88.0 Å². The molecule has 1 aliphatic rings. The molecule has 13 heavy (non-hydrogen) atoms. The molecule has 0 saturated carbocycles. The van der Waals surface area contributed by atoms with Crippen molar-refractivity contribution in [2.45, 2.75) is 21.9 Å². The van der Waals surface area contributed by atoms with E-state index in [0.29, 0.717) is 5.25 Å². The minimum Gasteiger partial charge on any atom is -0.121 e. The van der Waals surface area contributed by atoms with E-state index < -0.39 is 0 Å². The molecule has 2 unspecified atom stereocenters. The molecule has 0 amide bonds. The Balaban J connectivity index is 1.99. The topological polar surface area (TPSA) is 0 Å². The first-order chi connectivity index (χ1) is 6.36. The van der Waals surface area contributed by atoms with Crippen LogP contribution in [0.2, 0.25) is 0 Å². The van der Waals surface area contributed by atoms with Crippen LogP contribution in [0.15, 0.2) is 47.4 Å². The van der Waals surface area contributed by atoms with E-state index in [-0.39, 0.29) is 5.38 Å². The number of hydrogen-bond donors (Lipinski definition) is 0. The molecule has 0 aliphatic heterocycles. The molecule has 0 heterocycles. The van der Waals surface area contributed by atoms with Gasteiger partial charge in [-0.3, -0.25) is 0 Å². The van der Waals surface area contributed by atoms with Crippen LogP contribution in [0.3, 0.4) is 0 Å². The fourth-order valence-electron chi connectivity index (χ4n) is 1.38. The second-order valence-electron chi connectivity index (χ2n) is 3.08. The third kappa shape index (κ3) is 2.29. The highest BCUT2D eigenvalue weighted by atomic mass is 35.5. The summed E-state index contributed by atoms with van der Waals surface area (Å²) in [6.07, 6.45) is 5.34. The van der Waals surface area contributed by atoms with Gasteiger partial charge in [0, 0.05) is 10.1 Å². The Kier molecular flexibility index (Phi) is 2.97. The van der Waals surface area contributed by atoms with E-state index in [1.165, 1.54) is 4.90 Å². The Morgan fingerprint density at radius 1 is 1.23 bits per heavy atom. The van der Waals surface area contributed by atoms with Crippen LogP contribution in [0.4, 0.5) is 0 Å². The lowest BCUT2D eigenvalue weighted by Crippen LogP contribution is -2.08. The molecular formula is C11H11ClS. The van der Waals surface area contributed by atoms with Gasteiger partial charge in [-0.2, -0.15) is 0 Å². The quantitative estimate of drug-likeness (QED) is 0.530. The van der Waals surface area contributed by atoms with Crippen LogP contribution in [0.1, 0.15) is 6.42 Å².